The standard InChI is InChI=1S/C14H18N4O/c19-14-10-12(11-15-17-7-3-1-4-8-17)16-13-6-2-5-9-18(13)14/h2,5-6,9-10,15H,1,3-4,7-8,11H2. The molecule has 0 aliphatic carbocycles. The third kappa shape index (κ3) is 2.83. The first-order valence-electron chi connectivity index (χ1n) is 6.79. The highest BCUT2D eigenvalue weighted by Gasteiger charge is 2.09. The molecule has 5 heteroatoms. The molecule has 3 rings (SSSR count). The number of nitrogens with one attached hydrogen (secondary N) is 1. The molecule has 2 aromatic heterocycles. The monoisotopic (exact) mass is 258 g/mol. The van der Waals surface area contributed by atoms with E-state index in [1.807, 2.05) is 18.2 Å². The summed E-state index contributed by atoms with van der Waals surface area (Å²) in [5.74, 6) is 0. The molecule has 1 aliphatic heterocycles. The number of hydrogen-bond donors (Lipinski definition) is 1. The van der Waals surface area contributed by atoms with E-state index in [0.29, 0.717) is 12.2 Å². The van der Waals surface area contributed by atoms with Crippen LogP contribution in [0.3, 0.4) is 0 Å². The van der Waals surface area contributed by atoms with Crippen molar-refractivity contribution in [3.05, 3.63) is 46.5 Å². The number of hydrogen-bond acceptors (Lipinski definition) is 4. The van der Waals surface area contributed by atoms with Crippen molar-refractivity contribution in [2.45, 2.75) is 25.8 Å². The van der Waals surface area contributed by atoms with Crippen LogP contribution >= 0.6 is 0 Å². The third-order valence-electron chi connectivity index (χ3n) is 3.46. The first kappa shape index (κ1) is 12.3. The fraction of sp³-hybridized carbons (Fsp3) is 0.429. The maximum Gasteiger partial charge on any atom is 0.258 e. The average molecular weight is 258 g/mol. The molecule has 100 valence electrons. The first-order valence-corrected chi connectivity index (χ1v) is 6.79. The van der Waals surface area contributed by atoms with Gasteiger partial charge < -0.3 is 0 Å². The Labute approximate surface area is 111 Å². The molecule has 5 nitrogen and oxygen atoms in total. The van der Waals surface area contributed by atoms with Crippen molar-refractivity contribution >= 4 is 5.65 Å². The van der Waals surface area contributed by atoms with Gasteiger partial charge >= 0.3 is 0 Å². The van der Waals surface area contributed by atoms with E-state index < -0.39 is 0 Å². The summed E-state index contributed by atoms with van der Waals surface area (Å²) >= 11 is 0. The van der Waals surface area contributed by atoms with E-state index in [9.17, 15) is 4.79 Å². The Morgan fingerprint density at radius 2 is 2.05 bits per heavy atom. The van der Waals surface area contributed by atoms with Crippen LogP contribution in [0.15, 0.2) is 35.3 Å². The van der Waals surface area contributed by atoms with Crippen molar-refractivity contribution in [3.8, 4) is 0 Å². The van der Waals surface area contributed by atoms with Crippen LogP contribution in [0.25, 0.3) is 5.65 Å². The molecule has 0 amide bonds. The van der Waals surface area contributed by atoms with Crippen LogP contribution in [0.1, 0.15) is 25.0 Å². The Kier molecular flexibility index (Phi) is 3.57. The summed E-state index contributed by atoms with van der Waals surface area (Å²) < 4.78 is 1.56. The van der Waals surface area contributed by atoms with Gasteiger partial charge in [-0.1, -0.05) is 12.5 Å². The SMILES string of the molecule is O=c1cc(CNN2CCCCC2)nc2ccccn12. The van der Waals surface area contributed by atoms with Crippen LogP contribution < -0.4 is 11.0 Å². The van der Waals surface area contributed by atoms with E-state index >= 15 is 0 Å². The van der Waals surface area contributed by atoms with Gasteiger partial charge in [0.25, 0.3) is 5.56 Å². The Balaban J connectivity index is 1.75. The number of pyridine rings is 1. The Bertz CT molecular complexity index is 616. The molecule has 2 aromatic rings. The van der Waals surface area contributed by atoms with Crippen LogP contribution in [0.5, 0.6) is 0 Å². The average Bonchev–Trinajstić information content (AvgIpc) is 2.46. The number of aromatic nitrogens is 2. The minimum absolute atomic E-state index is 0.0268. The summed E-state index contributed by atoms with van der Waals surface area (Å²) in [6, 6.07) is 7.18. The number of fused-ring (bicyclic) bond motifs is 1. The van der Waals surface area contributed by atoms with Gasteiger partial charge in [-0.05, 0) is 25.0 Å². The number of piperidine rings is 1. The lowest BCUT2D eigenvalue weighted by Crippen LogP contribution is -2.41. The second kappa shape index (κ2) is 5.50. The van der Waals surface area contributed by atoms with Gasteiger partial charge in [-0.25, -0.2) is 15.4 Å². The lowest BCUT2D eigenvalue weighted by Gasteiger charge is -2.26. The summed E-state index contributed by atoms with van der Waals surface area (Å²) in [6.07, 6.45) is 5.53. The number of nitrogens with zero attached hydrogens (tertiary/aromatic N) is 3. The van der Waals surface area contributed by atoms with E-state index in [4.69, 9.17) is 0 Å². The lowest BCUT2D eigenvalue weighted by molar-refractivity contribution is 0.150. The molecule has 19 heavy (non-hydrogen) atoms. The third-order valence-corrected chi connectivity index (χ3v) is 3.46. The molecular weight excluding hydrogens is 240 g/mol. The van der Waals surface area contributed by atoms with Crippen LogP contribution in [0.2, 0.25) is 0 Å². The molecule has 0 radical (unpaired) electrons. The minimum atomic E-state index is -0.0268. The van der Waals surface area contributed by atoms with E-state index in [1.165, 1.54) is 19.3 Å². The molecule has 1 aliphatic rings. The zero-order valence-corrected chi connectivity index (χ0v) is 10.9. The smallest absolute Gasteiger partial charge is 0.258 e. The van der Waals surface area contributed by atoms with E-state index in [1.54, 1.807) is 16.7 Å². The fourth-order valence-electron chi connectivity index (χ4n) is 2.44. The fourth-order valence-corrected chi connectivity index (χ4v) is 2.44. The Hall–Kier alpha value is -1.72. The van der Waals surface area contributed by atoms with E-state index in [-0.39, 0.29) is 5.56 Å². The van der Waals surface area contributed by atoms with Crippen molar-refractivity contribution in [3.63, 3.8) is 0 Å². The van der Waals surface area contributed by atoms with Gasteiger partial charge in [0.15, 0.2) is 0 Å². The summed E-state index contributed by atoms with van der Waals surface area (Å²) in [5, 5.41) is 2.22. The highest BCUT2D eigenvalue weighted by Crippen LogP contribution is 2.06. The molecule has 1 N–H and O–H groups in total. The predicted octanol–water partition coefficient (Wildman–Crippen LogP) is 1.18. The normalized spacial score (nSPS) is 16.8. The molecule has 1 fully saturated rings. The summed E-state index contributed by atoms with van der Waals surface area (Å²) in [6.45, 7) is 2.76. The molecule has 0 unspecified atom stereocenters. The highest BCUT2D eigenvalue weighted by atomic mass is 16.1. The topological polar surface area (TPSA) is 49.6 Å². The van der Waals surface area contributed by atoms with Crippen molar-refractivity contribution < 1.29 is 0 Å². The summed E-state index contributed by atoms with van der Waals surface area (Å²) in [7, 11) is 0. The molecular formula is C14H18N4O. The number of hydrazine groups is 1. The van der Waals surface area contributed by atoms with Crippen LogP contribution in [0, 0.1) is 0 Å². The van der Waals surface area contributed by atoms with Gasteiger partial charge in [0.05, 0.1) is 12.2 Å². The second-order valence-electron chi connectivity index (χ2n) is 4.90. The zero-order chi connectivity index (χ0) is 13.1. The molecule has 3 heterocycles. The van der Waals surface area contributed by atoms with Crippen molar-refractivity contribution in [2.24, 2.45) is 0 Å². The van der Waals surface area contributed by atoms with Gasteiger partial charge in [0, 0.05) is 25.4 Å². The summed E-state index contributed by atoms with van der Waals surface area (Å²) in [4.78, 5) is 16.4. The zero-order valence-electron chi connectivity index (χ0n) is 10.9. The molecule has 1 saturated heterocycles. The van der Waals surface area contributed by atoms with Crippen LogP contribution in [-0.4, -0.2) is 27.5 Å². The molecule has 0 aromatic carbocycles. The highest BCUT2D eigenvalue weighted by molar-refractivity contribution is 5.37. The maximum atomic E-state index is 11.9. The lowest BCUT2D eigenvalue weighted by atomic mass is 10.2. The van der Waals surface area contributed by atoms with Crippen LogP contribution in [0.4, 0.5) is 0 Å². The van der Waals surface area contributed by atoms with E-state index in [2.05, 4.69) is 15.4 Å². The van der Waals surface area contributed by atoms with Gasteiger partial charge in [-0.2, -0.15) is 0 Å². The van der Waals surface area contributed by atoms with Crippen molar-refractivity contribution in [2.75, 3.05) is 13.1 Å². The largest absolute Gasteiger partial charge is 0.269 e. The number of rotatable bonds is 3. The summed E-state index contributed by atoms with van der Waals surface area (Å²) in [5.41, 5.74) is 4.82. The van der Waals surface area contributed by atoms with Gasteiger partial charge in [-0.3, -0.25) is 9.20 Å². The van der Waals surface area contributed by atoms with E-state index in [0.717, 1.165) is 18.8 Å². The van der Waals surface area contributed by atoms with Crippen LogP contribution in [-0.2, 0) is 6.54 Å². The molecule has 0 bridgehead atoms. The first-order chi connectivity index (χ1) is 9.33. The quantitative estimate of drug-likeness (QED) is 0.898. The van der Waals surface area contributed by atoms with Gasteiger partial charge in [0.1, 0.15) is 5.65 Å². The van der Waals surface area contributed by atoms with Gasteiger partial charge in [0.2, 0.25) is 0 Å². The predicted molar refractivity (Wildman–Crippen MR) is 73.7 cm³/mol. The van der Waals surface area contributed by atoms with Gasteiger partial charge in [-0.15, -0.1) is 0 Å². The van der Waals surface area contributed by atoms with Crippen molar-refractivity contribution in [1.29, 1.82) is 0 Å². The molecule has 0 spiro atoms. The Morgan fingerprint density at radius 3 is 2.89 bits per heavy atom. The Morgan fingerprint density at radius 1 is 1.21 bits per heavy atom. The second-order valence-corrected chi connectivity index (χ2v) is 4.90. The minimum Gasteiger partial charge on any atom is -0.269 e. The maximum absolute atomic E-state index is 11.9. The molecule has 0 atom stereocenters. The molecule has 0 saturated carbocycles. The van der Waals surface area contributed by atoms with Crippen molar-refractivity contribution in [1.82, 2.24) is 19.8 Å².